The van der Waals surface area contributed by atoms with Gasteiger partial charge in [-0.3, -0.25) is 0 Å². The van der Waals surface area contributed by atoms with Gasteiger partial charge in [0.25, 0.3) is 0 Å². The molecule has 1 heterocycles. The molecular formula is C15H18I3NO2. The number of carbonyl (C=O) groups is 1. The van der Waals surface area contributed by atoms with E-state index in [2.05, 4.69) is 79.2 Å². The smallest absolute Gasteiger partial charge is 0.339 e. The molecular weight excluding hydrogens is 607 g/mol. The highest BCUT2D eigenvalue weighted by atomic mass is 127. The van der Waals surface area contributed by atoms with Crippen LogP contribution in [-0.4, -0.2) is 24.7 Å². The van der Waals surface area contributed by atoms with E-state index >= 15 is 0 Å². The normalized spacial score (nSPS) is 16.8. The highest BCUT2D eigenvalue weighted by Crippen LogP contribution is 2.31. The van der Waals surface area contributed by atoms with Crippen LogP contribution in [0.4, 0.5) is 0 Å². The fourth-order valence-corrected chi connectivity index (χ4v) is 4.98. The number of nitrogens with one attached hydrogen (secondary N) is 1. The van der Waals surface area contributed by atoms with Crippen molar-refractivity contribution >= 4 is 73.7 Å². The Hall–Kier alpha value is 0.840. The monoisotopic (exact) mass is 625 g/mol. The summed E-state index contributed by atoms with van der Waals surface area (Å²) in [4.78, 5) is 12.6. The van der Waals surface area contributed by atoms with Crippen molar-refractivity contribution in [2.24, 2.45) is 5.92 Å². The first kappa shape index (κ1) is 18.2. The molecule has 1 aromatic rings. The van der Waals surface area contributed by atoms with Crippen molar-refractivity contribution in [3.8, 4) is 0 Å². The summed E-state index contributed by atoms with van der Waals surface area (Å²) in [6.45, 7) is 6.08. The van der Waals surface area contributed by atoms with Crippen LogP contribution < -0.4 is 5.32 Å². The van der Waals surface area contributed by atoms with Crippen LogP contribution in [0.25, 0.3) is 0 Å². The van der Waals surface area contributed by atoms with Crippen LogP contribution in [0.5, 0.6) is 0 Å². The van der Waals surface area contributed by atoms with Crippen molar-refractivity contribution in [1.29, 1.82) is 0 Å². The topological polar surface area (TPSA) is 38.3 Å². The van der Waals surface area contributed by atoms with Gasteiger partial charge in [-0.2, -0.15) is 0 Å². The van der Waals surface area contributed by atoms with Crippen LogP contribution in [0.1, 0.15) is 37.0 Å². The second-order valence-electron chi connectivity index (χ2n) is 5.77. The van der Waals surface area contributed by atoms with Gasteiger partial charge in [-0.1, -0.05) is 0 Å². The molecule has 0 amide bonds. The molecule has 0 bridgehead atoms. The number of benzene rings is 1. The summed E-state index contributed by atoms with van der Waals surface area (Å²) in [5, 5.41) is 3.35. The molecule has 0 unspecified atom stereocenters. The van der Waals surface area contributed by atoms with Gasteiger partial charge in [0.15, 0.2) is 0 Å². The Labute approximate surface area is 166 Å². The van der Waals surface area contributed by atoms with Gasteiger partial charge >= 0.3 is 5.97 Å². The van der Waals surface area contributed by atoms with Crippen molar-refractivity contribution in [3.63, 3.8) is 0 Å². The quantitative estimate of drug-likeness (QED) is 0.307. The predicted molar refractivity (Wildman–Crippen MR) is 110 cm³/mol. The summed E-state index contributed by atoms with van der Waals surface area (Å²) >= 11 is 6.72. The van der Waals surface area contributed by atoms with Gasteiger partial charge in [0.1, 0.15) is 5.60 Å². The van der Waals surface area contributed by atoms with E-state index in [0.29, 0.717) is 11.5 Å². The molecule has 0 aliphatic carbocycles. The molecule has 1 N–H and O–H groups in total. The molecule has 1 fully saturated rings. The zero-order valence-corrected chi connectivity index (χ0v) is 18.5. The first-order chi connectivity index (χ1) is 9.81. The molecule has 21 heavy (non-hydrogen) atoms. The lowest BCUT2D eigenvalue weighted by Crippen LogP contribution is -2.42. The second-order valence-corrected chi connectivity index (χ2v) is 9.25. The van der Waals surface area contributed by atoms with E-state index < -0.39 is 5.60 Å². The van der Waals surface area contributed by atoms with Crippen molar-refractivity contribution < 1.29 is 9.53 Å². The van der Waals surface area contributed by atoms with Crippen molar-refractivity contribution in [1.82, 2.24) is 5.32 Å². The molecule has 1 saturated heterocycles. The van der Waals surface area contributed by atoms with Gasteiger partial charge in [-0.15, -0.1) is 0 Å². The number of hydrogen-bond donors (Lipinski definition) is 1. The van der Waals surface area contributed by atoms with Crippen LogP contribution in [0, 0.1) is 16.6 Å². The molecule has 0 saturated carbocycles. The Kier molecular flexibility index (Phi) is 6.59. The number of piperidine rings is 1. The number of rotatable bonds is 3. The average Bonchev–Trinajstić information content (AvgIpc) is 2.43. The summed E-state index contributed by atoms with van der Waals surface area (Å²) in [6, 6.07) is 3.98. The Bertz CT molecular complexity index is 540. The third-order valence-corrected chi connectivity index (χ3v) is 7.56. The molecule has 1 aromatic carbocycles. The predicted octanol–water partition coefficient (Wildman–Crippen LogP) is 4.44. The SMILES string of the molecule is CC(C)(OC(=O)c1cc(I)cc(I)c1I)C1CCNCC1. The van der Waals surface area contributed by atoms with Gasteiger partial charge < -0.3 is 10.1 Å². The molecule has 0 atom stereocenters. The minimum atomic E-state index is -0.422. The number of carbonyl (C=O) groups excluding carboxylic acids is 1. The molecule has 0 aromatic heterocycles. The maximum atomic E-state index is 12.6. The van der Waals surface area contributed by atoms with Gasteiger partial charge in [0.05, 0.1) is 5.56 Å². The molecule has 2 rings (SSSR count). The summed E-state index contributed by atoms with van der Waals surface area (Å²) in [7, 11) is 0. The third-order valence-electron chi connectivity index (χ3n) is 3.89. The zero-order valence-electron chi connectivity index (χ0n) is 12.0. The molecule has 1 aliphatic rings. The largest absolute Gasteiger partial charge is 0.456 e. The first-order valence-electron chi connectivity index (χ1n) is 6.90. The summed E-state index contributed by atoms with van der Waals surface area (Å²) in [6.07, 6.45) is 2.11. The summed E-state index contributed by atoms with van der Waals surface area (Å²) in [5.74, 6) is 0.210. The fraction of sp³-hybridized carbons (Fsp3) is 0.533. The average molecular weight is 625 g/mol. The molecule has 116 valence electrons. The Morgan fingerprint density at radius 3 is 2.48 bits per heavy atom. The maximum Gasteiger partial charge on any atom is 0.339 e. The van der Waals surface area contributed by atoms with E-state index in [1.54, 1.807) is 0 Å². The number of esters is 1. The minimum Gasteiger partial charge on any atom is -0.456 e. The second kappa shape index (κ2) is 7.61. The van der Waals surface area contributed by atoms with Crippen LogP contribution in [-0.2, 0) is 4.74 Å². The van der Waals surface area contributed by atoms with Gasteiger partial charge in [-0.25, -0.2) is 4.79 Å². The van der Waals surface area contributed by atoms with Crippen LogP contribution in [0.15, 0.2) is 12.1 Å². The summed E-state index contributed by atoms with van der Waals surface area (Å²) in [5.41, 5.74) is 0.253. The fourth-order valence-electron chi connectivity index (χ4n) is 2.60. The van der Waals surface area contributed by atoms with Crippen molar-refractivity contribution in [3.05, 3.63) is 28.4 Å². The molecule has 0 spiro atoms. The van der Waals surface area contributed by atoms with E-state index in [4.69, 9.17) is 4.74 Å². The lowest BCUT2D eigenvalue weighted by atomic mass is 9.83. The highest BCUT2D eigenvalue weighted by molar-refractivity contribution is 14.1. The van der Waals surface area contributed by atoms with Crippen LogP contribution in [0.2, 0.25) is 0 Å². The Balaban J connectivity index is 2.17. The number of hydrogen-bond acceptors (Lipinski definition) is 3. The minimum absolute atomic E-state index is 0.209. The van der Waals surface area contributed by atoms with Gasteiger partial charge in [0, 0.05) is 16.6 Å². The number of ether oxygens (including phenoxy) is 1. The molecule has 3 nitrogen and oxygen atoms in total. The Morgan fingerprint density at radius 1 is 1.24 bits per heavy atom. The van der Waals surface area contributed by atoms with E-state index in [1.165, 1.54) is 0 Å². The Morgan fingerprint density at radius 2 is 1.86 bits per heavy atom. The van der Waals surface area contributed by atoms with E-state index in [1.807, 2.05) is 19.9 Å². The molecule has 0 radical (unpaired) electrons. The van der Waals surface area contributed by atoms with Crippen LogP contribution >= 0.6 is 67.8 Å². The highest BCUT2D eigenvalue weighted by Gasteiger charge is 2.34. The van der Waals surface area contributed by atoms with Gasteiger partial charge in [-0.05, 0) is 120 Å². The lowest BCUT2D eigenvalue weighted by Gasteiger charge is -2.36. The number of halogens is 3. The van der Waals surface area contributed by atoms with E-state index in [9.17, 15) is 4.79 Å². The van der Waals surface area contributed by atoms with Gasteiger partial charge in [0.2, 0.25) is 0 Å². The van der Waals surface area contributed by atoms with E-state index in [-0.39, 0.29) is 5.97 Å². The maximum absolute atomic E-state index is 12.6. The zero-order chi connectivity index (χ0) is 15.6. The summed E-state index contributed by atoms with van der Waals surface area (Å²) < 4.78 is 9.00. The molecule has 6 heteroatoms. The van der Waals surface area contributed by atoms with Crippen molar-refractivity contribution in [2.45, 2.75) is 32.3 Å². The molecule has 1 aliphatic heterocycles. The first-order valence-corrected chi connectivity index (χ1v) is 10.1. The third kappa shape index (κ3) is 4.66. The van der Waals surface area contributed by atoms with E-state index in [0.717, 1.165) is 36.6 Å². The standard InChI is InChI=1S/C15H18I3NO2/c1-15(2,9-3-5-19-6-4-9)21-14(20)11-7-10(16)8-12(17)13(11)18/h7-9,19H,3-6H2,1-2H3. The lowest BCUT2D eigenvalue weighted by molar-refractivity contribution is -0.0369. The van der Waals surface area contributed by atoms with Crippen LogP contribution in [0.3, 0.4) is 0 Å². The van der Waals surface area contributed by atoms with Crippen molar-refractivity contribution in [2.75, 3.05) is 13.1 Å².